The van der Waals surface area contributed by atoms with Gasteiger partial charge in [0.2, 0.25) is 0 Å². The molecule has 1 N–H and O–H groups in total. The molecular formula is C8H9NO. The Bertz CT molecular complexity index is 256. The molecule has 0 aliphatic rings. The second-order valence-electron chi connectivity index (χ2n) is 1.96. The zero-order valence-corrected chi connectivity index (χ0v) is 5.62. The smallest absolute Gasteiger partial charge is 0.0696 e. The maximum absolute atomic E-state index is 8.66. The van der Waals surface area contributed by atoms with Crippen molar-refractivity contribution >= 4 is 6.20 Å². The molecule has 0 saturated heterocycles. The van der Waals surface area contributed by atoms with E-state index in [0.29, 0.717) is 0 Å². The van der Waals surface area contributed by atoms with Gasteiger partial charge in [0.25, 0.3) is 0 Å². The minimum atomic E-state index is 0.0813. The highest BCUT2D eigenvalue weighted by Gasteiger charge is 1.89. The fourth-order valence-electron chi connectivity index (χ4n) is 0.739. The van der Waals surface area contributed by atoms with Crippen molar-refractivity contribution in [1.29, 1.82) is 0 Å². The number of aliphatic hydroxyl groups is 1. The predicted octanol–water partition coefficient (Wildman–Crippen LogP) is 1.24. The van der Waals surface area contributed by atoms with Gasteiger partial charge in [-0.15, -0.1) is 5.73 Å². The van der Waals surface area contributed by atoms with Gasteiger partial charge in [0.15, 0.2) is 0 Å². The standard InChI is InChI=1S/C8H9NO/c1-2-4-9-5-3-8(6-9)7-10/h3-6,10H,1,7H2. The molecule has 0 spiro atoms. The predicted molar refractivity (Wildman–Crippen MR) is 40.3 cm³/mol. The molecule has 1 aromatic heterocycles. The van der Waals surface area contributed by atoms with E-state index in [1.54, 1.807) is 10.8 Å². The van der Waals surface area contributed by atoms with Crippen molar-refractivity contribution in [3.05, 3.63) is 36.3 Å². The van der Waals surface area contributed by atoms with Gasteiger partial charge in [0.05, 0.1) is 6.61 Å². The molecule has 0 unspecified atom stereocenters. The van der Waals surface area contributed by atoms with E-state index in [1.807, 2.05) is 18.5 Å². The number of hydrogen-bond acceptors (Lipinski definition) is 1. The van der Waals surface area contributed by atoms with Crippen LogP contribution >= 0.6 is 0 Å². The molecule has 2 heteroatoms. The molecule has 0 fully saturated rings. The second-order valence-corrected chi connectivity index (χ2v) is 1.96. The molecule has 0 atom stereocenters. The summed E-state index contributed by atoms with van der Waals surface area (Å²) in [5, 5.41) is 8.66. The van der Waals surface area contributed by atoms with Gasteiger partial charge in [0, 0.05) is 18.6 Å². The first-order valence-corrected chi connectivity index (χ1v) is 3.00. The maximum atomic E-state index is 8.66. The lowest BCUT2D eigenvalue weighted by molar-refractivity contribution is 0.282. The number of nitrogens with zero attached hydrogens (tertiary/aromatic N) is 1. The SMILES string of the molecule is C=C=Cn1ccc(CO)c1. The molecule has 1 rings (SSSR count). The van der Waals surface area contributed by atoms with Crippen molar-refractivity contribution in [3.8, 4) is 0 Å². The molecule has 0 bridgehead atoms. The zero-order chi connectivity index (χ0) is 7.40. The third-order valence-electron chi connectivity index (χ3n) is 1.20. The molecule has 2 nitrogen and oxygen atoms in total. The normalized spacial score (nSPS) is 8.90. The monoisotopic (exact) mass is 135 g/mol. The van der Waals surface area contributed by atoms with E-state index in [4.69, 9.17) is 5.11 Å². The molecule has 0 aromatic carbocycles. The Balaban J connectivity index is 2.87. The van der Waals surface area contributed by atoms with Gasteiger partial charge in [-0.05, 0) is 11.6 Å². The van der Waals surface area contributed by atoms with Gasteiger partial charge in [-0.2, -0.15) is 0 Å². The Morgan fingerprint density at radius 3 is 3.10 bits per heavy atom. The number of hydrogen-bond donors (Lipinski definition) is 1. The first-order valence-electron chi connectivity index (χ1n) is 3.00. The van der Waals surface area contributed by atoms with Crippen LogP contribution in [0.2, 0.25) is 0 Å². The van der Waals surface area contributed by atoms with Crippen LogP contribution in [0.25, 0.3) is 6.20 Å². The summed E-state index contributed by atoms with van der Waals surface area (Å²) in [4.78, 5) is 0. The van der Waals surface area contributed by atoms with Crippen LogP contribution in [0.4, 0.5) is 0 Å². The summed E-state index contributed by atoms with van der Waals surface area (Å²) in [7, 11) is 0. The average molecular weight is 135 g/mol. The maximum Gasteiger partial charge on any atom is 0.0696 e. The van der Waals surface area contributed by atoms with E-state index < -0.39 is 0 Å². The minimum absolute atomic E-state index is 0.0813. The summed E-state index contributed by atoms with van der Waals surface area (Å²) in [6, 6.07) is 1.84. The van der Waals surface area contributed by atoms with E-state index >= 15 is 0 Å². The van der Waals surface area contributed by atoms with Crippen LogP contribution in [0.3, 0.4) is 0 Å². The topological polar surface area (TPSA) is 25.2 Å². The highest BCUT2D eigenvalue weighted by Crippen LogP contribution is 1.99. The van der Waals surface area contributed by atoms with Gasteiger partial charge >= 0.3 is 0 Å². The van der Waals surface area contributed by atoms with Crippen LogP contribution in [0.5, 0.6) is 0 Å². The average Bonchev–Trinajstić information content (AvgIpc) is 2.37. The summed E-state index contributed by atoms with van der Waals surface area (Å²) in [5.74, 6) is 0. The third kappa shape index (κ3) is 1.38. The Morgan fingerprint density at radius 2 is 2.60 bits per heavy atom. The van der Waals surface area contributed by atoms with Crippen molar-refractivity contribution in [1.82, 2.24) is 4.57 Å². The zero-order valence-electron chi connectivity index (χ0n) is 5.62. The fraction of sp³-hybridized carbons (Fsp3) is 0.125. The van der Waals surface area contributed by atoms with Crippen molar-refractivity contribution < 1.29 is 5.11 Å². The first-order chi connectivity index (χ1) is 4.86. The van der Waals surface area contributed by atoms with E-state index in [-0.39, 0.29) is 6.61 Å². The first kappa shape index (κ1) is 6.87. The van der Waals surface area contributed by atoms with Crippen LogP contribution < -0.4 is 0 Å². The third-order valence-corrected chi connectivity index (χ3v) is 1.20. The summed E-state index contributed by atoms with van der Waals surface area (Å²) >= 11 is 0. The van der Waals surface area contributed by atoms with Gasteiger partial charge in [0.1, 0.15) is 0 Å². The Hall–Kier alpha value is -1.24. The van der Waals surface area contributed by atoms with Crippen LogP contribution in [0.1, 0.15) is 5.56 Å². The van der Waals surface area contributed by atoms with E-state index in [0.717, 1.165) is 5.56 Å². The van der Waals surface area contributed by atoms with Gasteiger partial charge in [-0.1, -0.05) is 6.58 Å². The Morgan fingerprint density at radius 1 is 1.80 bits per heavy atom. The van der Waals surface area contributed by atoms with Gasteiger partial charge in [-0.3, -0.25) is 0 Å². The molecule has 0 saturated carbocycles. The molecule has 1 aromatic rings. The van der Waals surface area contributed by atoms with E-state index in [9.17, 15) is 0 Å². The molecule has 10 heavy (non-hydrogen) atoms. The molecular weight excluding hydrogens is 126 g/mol. The van der Waals surface area contributed by atoms with E-state index in [1.165, 1.54) is 0 Å². The molecule has 0 amide bonds. The van der Waals surface area contributed by atoms with Crippen LogP contribution in [0.15, 0.2) is 30.8 Å². The highest BCUT2D eigenvalue weighted by atomic mass is 16.3. The van der Waals surface area contributed by atoms with Crippen LogP contribution in [0, 0.1) is 0 Å². The van der Waals surface area contributed by atoms with Gasteiger partial charge < -0.3 is 9.67 Å². The van der Waals surface area contributed by atoms with Crippen molar-refractivity contribution in [2.24, 2.45) is 0 Å². The van der Waals surface area contributed by atoms with Crippen LogP contribution in [-0.2, 0) is 6.61 Å². The summed E-state index contributed by atoms with van der Waals surface area (Å²) in [5.41, 5.74) is 3.52. The molecule has 0 aliphatic carbocycles. The molecule has 52 valence electrons. The summed E-state index contributed by atoms with van der Waals surface area (Å²) < 4.78 is 1.79. The van der Waals surface area contributed by atoms with Crippen molar-refractivity contribution in [2.75, 3.05) is 0 Å². The molecule has 1 heterocycles. The highest BCUT2D eigenvalue weighted by molar-refractivity contribution is 5.24. The Kier molecular flexibility index (Phi) is 2.11. The largest absolute Gasteiger partial charge is 0.392 e. The minimum Gasteiger partial charge on any atom is -0.392 e. The lowest BCUT2D eigenvalue weighted by Gasteiger charge is -1.86. The number of aromatic nitrogens is 1. The lowest BCUT2D eigenvalue weighted by atomic mass is 10.4. The number of aliphatic hydroxyl groups excluding tert-OH is 1. The summed E-state index contributed by atoms with van der Waals surface area (Å²) in [6.45, 7) is 3.51. The fourth-order valence-corrected chi connectivity index (χ4v) is 0.739. The van der Waals surface area contributed by atoms with E-state index in [2.05, 4.69) is 12.3 Å². The van der Waals surface area contributed by atoms with Crippen molar-refractivity contribution in [2.45, 2.75) is 6.61 Å². The second kappa shape index (κ2) is 3.06. The quantitative estimate of drug-likeness (QED) is 0.606. The Labute approximate surface area is 59.7 Å². The van der Waals surface area contributed by atoms with Crippen molar-refractivity contribution in [3.63, 3.8) is 0 Å². The number of rotatable bonds is 2. The molecule has 0 aliphatic heterocycles. The van der Waals surface area contributed by atoms with Gasteiger partial charge in [-0.25, -0.2) is 0 Å². The molecule has 0 radical (unpaired) electrons. The summed E-state index contributed by atoms with van der Waals surface area (Å²) in [6.07, 6.45) is 5.35. The lowest BCUT2D eigenvalue weighted by Crippen LogP contribution is -1.78. The van der Waals surface area contributed by atoms with Crippen LogP contribution in [-0.4, -0.2) is 9.67 Å².